The van der Waals surface area contributed by atoms with Crippen LogP contribution in [0.15, 0.2) is 0 Å². The number of hydrogen-bond acceptors (Lipinski definition) is 5. The molecule has 0 aliphatic carbocycles. The van der Waals surface area contributed by atoms with Crippen LogP contribution in [0.4, 0.5) is 0 Å². The van der Waals surface area contributed by atoms with Gasteiger partial charge in [0, 0.05) is 20.0 Å². The number of nitrogens with one attached hydrogen (secondary N) is 1. The molecule has 0 rings (SSSR count). The smallest absolute Gasteiger partial charge is 0.311 e. The summed E-state index contributed by atoms with van der Waals surface area (Å²) in [6.07, 6.45) is 0.625. The largest absolute Gasteiger partial charge is 0.469 e. The van der Waals surface area contributed by atoms with Gasteiger partial charge in [0.2, 0.25) is 0 Å². The van der Waals surface area contributed by atoms with E-state index in [0.717, 1.165) is 0 Å². The molecule has 102 valence electrons. The van der Waals surface area contributed by atoms with Crippen molar-refractivity contribution >= 4 is 35.0 Å². The third-order valence-electron chi connectivity index (χ3n) is 2.07. The van der Waals surface area contributed by atoms with Crippen LogP contribution >= 0.6 is 12.2 Å². The Kier molecular flexibility index (Phi) is 7.61. The number of esters is 1. The standard InChI is InChI=1S/C10H17N3O4S/c1-13(5-3-4-8(14)17-2)10(16)9(15)12-6-7(11)18/h3-6H2,1-2H3,(H2,11,18)(H,12,15). The van der Waals surface area contributed by atoms with Gasteiger partial charge in [0.1, 0.15) is 0 Å². The number of carbonyl (C=O) groups is 3. The molecule has 0 bridgehead atoms. The number of likely N-dealkylation sites (N-methyl/N-ethyl adjacent to an activating group) is 1. The van der Waals surface area contributed by atoms with E-state index in [1.165, 1.54) is 19.1 Å². The van der Waals surface area contributed by atoms with E-state index in [2.05, 4.69) is 22.3 Å². The van der Waals surface area contributed by atoms with Crippen LogP contribution in [0.3, 0.4) is 0 Å². The first kappa shape index (κ1) is 16.3. The summed E-state index contributed by atoms with van der Waals surface area (Å²) in [5.74, 6) is -1.83. The fourth-order valence-electron chi connectivity index (χ4n) is 1.08. The SMILES string of the molecule is COC(=O)CCCN(C)C(=O)C(=O)NCC(N)=S. The molecule has 0 saturated carbocycles. The number of carbonyl (C=O) groups excluding carboxylic acids is 3. The van der Waals surface area contributed by atoms with Crippen molar-refractivity contribution in [1.82, 2.24) is 10.2 Å². The summed E-state index contributed by atoms with van der Waals surface area (Å²) in [5.41, 5.74) is 5.19. The van der Waals surface area contributed by atoms with Gasteiger partial charge >= 0.3 is 17.8 Å². The Bertz CT molecular complexity index is 346. The van der Waals surface area contributed by atoms with Gasteiger partial charge in [0.25, 0.3) is 0 Å². The Labute approximate surface area is 111 Å². The van der Waals surface area contributed by atoms with Gasteiger partial charge in [-0.3, -0.25) is 14.4 Å². The van der Waals surface area contributed by atoms with E-state index < -0.39 is 11.8 Å². The van der Waals surface area contributed by atoms with Gasteiger partial charge in [-0.1, -0.05) is 12.2 Å². The number of hydrogen-bond donors (Lipinski definition) is 2. The number of amides is 2. The molecule has 0 aliphatic rings. The topological polar surface area (TPSA) is 102 Å². The van der Waals surface area contributed by atoms with Crippen molar-refractivity contribution in [2.45, 2.75) is 12.8 Å². The fourth-order valence-corrected chi connectivity index (χ4v) is 1.15. The quantitative estimate of drug-likeness (QED) is 0.359. The molecule has 0 heterocycles. The van der Waals surface area contributed by atoms with E-state index in [0.29, 0.717) is 6.42 Å². The number of rotatable bonds is 6. The van der Waals surface area contributed by atoms with Crippen molar-refractivity contribution in [3.63, 3.8) is 0 Å². The van der Waals surface area contributed by atoms with Crippen LogP contribution in [0, 0.1) is 0 Å². The second-order valence-corrected chi connectivity index (χ2v) is 4.08. The second kappa shape index (κ2) is 8.40. The van der Waals surface area contributed by atoms with Gasteiger partial charge in [-0.25, -0.2) is 0 Å². The second-order valence-electron chi connectivity index (χ2n) is 3.56. The highest BCUT2D eigenvalue weighted by molar-refractivity contribution is 7.80. The lowest BCUT2D eigenvalue weighted by molar-refractivity contribution is -0.145. The third-order valence-corrected chi connectivity index (χ3v) is 2.21. The molecule has 8 heteroatoms. The summed E-state index contributed by atoms with van der Waals surface area (Å²) >= 11 is 4.56. The van der Waals surface area contributed by atoms with Crippen LogP contribution in [0.5, 0.6) is 0 Å². The number of nitrogens with zero attached hydrogens (tertiary/aromatic N) is 1. The molecule has 0 unspecified atom stereocenters. The van der Waals surface area contributed by atoms with Gasteiger partial charge in [-0.2, -0.15) is 0 Å². The average Bonchev–Trinajstić information content (AvgIpc) is 2.34. The zero-order chi connectivity index (χ0) is 14.1. The molecule has 2 amide bonds. The van der Waals surface area contributed by atoms with E-state index >= 15 is 0 Å². The molecule has 3 N–H and O–H groups in total. The zero-order valence-corrected chi connectivity index (χ0v) is 11.2. The van der Waals surface area contributed by atoms with Gasteiger partial charge < -0.3 is 20.7 Å². The molecule has 0 aromatic carbocycles. The number of methoxy groups -OCH3 is 1. The van der Waals surface area contributed by atoms with Crippen molar-refractivity contribution in [3.05, 3.63) is 0 Å². The van der Waals surface area contributed by atoms with E-state index in [1.54, 1.807) is 0 Å². The Morgan fingerprint density at radius 3 is 2.50 bits per heavy atom. The average molecular weight is 275 g/mol. The van der Waals surface area contributed by atoms with E-state index in [9.17, 15) is 14.4 Å². The lowest BCUT2D eigenvalue weighted by atomic mass is 10.3. The lowest BCUT2D eigenvalue weighted by Gasteiger charge is -2.15. The highest BCUT2D eigenvalue weighted by Crippen LogP contribution is 1.95. The molecule has 0 saturated heterocycles. The Morgan fingerprint density at radius 2 is 2.00 bits per heavy atom. The number of nitrogens with two attached hydrogens (primary N) is 1. The monoisotopic (exact) mass is 275 g/mol. The van der Waals surface area contributed by atoms with Crippen molar-refractivity contribution in [1.29, 1.82) is 0 Å². The lowest BCUT2D eigenvalue weighted by Crippen LogP contribution is -2.43. The number of ether oxygens (including phenoxy) is 1. The predicted molar refractivity (Wildman–Crippen MR) is 68.7 cm³/mol. The highest BCUT2D eigenvalue weighted by atomic mass is 32.1. The molecule has 0 radical (unpaired) electrons. The summed E-state index contributed by atoms with van der Waals surface area (Å²) in [5, 5.41) is 2.29. The first-order valence-corrected chi connectivity index (χ1v) is 5.67. The Morgan fingerprint density at radius 1 is 1.39 bits per heavy atom. The first-order valence-electron chi connectivity index (χ1n) is 5.27. The number of thiocarbonyl (C=S) groups is 1. The molecule has 0 aliphatic heterocycles. The Hall–Kier alpha value is -1.70. The normalized spacial score (nSPS) is 9.44. The molecular formula is C10H17N3O4S. The van der Waals surface area contributed by atoms with Gasteiger partial charge in [-0.15, -0.1) is 0 Å². The van der Waals surface area contributed by atoms with Crippen LogP contribution in [0.25, 0.3) is 0 Å². The van der Waals surface area contributed by atoms with Gasteiger partial charge in [0.15, 0.2) is 0 Å². The van der Waals surface area contributed by atoms with Crippen LogP contribution in [0.1, 0.15) is 12.8 Å². The molecule has 18 heavy (non-hydrogen) atoms. The van der Waals surface area contributed by atoms with Crippen molar-refractivity contribution in [2.75, 3.05) is 27.2 Å². The molecule has 0 spiro atoms. The van der Waals surface area contributed by atoms with Gasteiger partial charge in [0.05, 0.1) is 18.6 Å². The first-order chi connectivity index (χ1) is 8.38. The summed E-state index contributed by atoms with van der Waals surface area (Å²) < 4.78 is 4.45. The van der Waals surface area contributed by atoms with E-state index in [-0.39, 0.29) is 30.5 Å². The molecule has 7 nitrogen and oxygen atoms in total. The maximum absolute atomic E-state index is 11.5. The summed E-state index contributed by atoms with van der Waals surface area (Å²) in [6.45, 7) is 0.268. The minimum atomic E-state index is -0.775. The van der Waals surface area contributed by atoms with Crippen LogP contribution in [0.2, 0.25) is 0 Å². The van der Waals surface area contributed by atoms with E-state index in [1.807, 2.05) is 0 Å². The van der Waals surface area contributed by atoms with Crippen molar-refractivity contribution < 1.29 is 19.1 Å². The van der Waals surface area contributed by atoms with Crippen LogP contribution in [-0.2, 0) is 19.1 Å². The minimum Gasteiger partial charge on any atom is -0.469 e. The molecule has 0 fully saturated rings. The Balaban J connectivity index is 3.98. The van der Waals surface area contributed by atoms with Crippen LogP contribution < -0.4 is 11.1 Å². The summed E-state index contributed by atoms with van der Waals surface area (Å²) in [7, 11) is 2.76. The molecule has 0 aromatic rings. The highest BCUT2D eigenvalue weighted by Gasteiger charge is 2.18. The molecule has 0 aromatic heterocycles. The summed E-state index contributed by atoms with van der Waals surface area (Å²) in [4.78, 5) is 35.0. The fraction of sp³-hybridized carbons (Fsp3) is 0.600. The summed E-state index contributed by atoms with van der Waals surface area (Å²) in [6, 6.07) is 0. The molecular weight excluding hydrogens is 258 g/mol. The van der Waals surface area contributed by atoms with E-state index in [4.69, 9.17) is 5.73 Å². The molecule has 0 atom stereocenters. The maximum Gasteiger partial charge on any atom is 0.311 e. The van der Waals surface area contributed by atoms with Crippen molar-refractivity contribution in [2.24, 2.45) is 5.73 Å². The predicted octanol–water partition coefficient (Wildman–Crippen LogP) is -1.20. The third kappa shape index (κ3) is 6.79. The maximum atomic E-state index is 11.5. The van der Waals surface area contributed by atoms with Crippen molar-refractivity contribution in [3.8, 4) is 0 Å². The van der Waals surface area contributed by atoms with Crippen LogP contribution in [-0.4, -0.2) is 54.9 Å². The van der Waals surface area contributed by atoms with Gasteiger partial charge in [-0.05, 0) is 6.42 Å². The minimum absolute atomic E-state index is 0.0179. The zero-order valence-electron chi connectivity index (χ0n) is 10.4.